The number of aromatic nitrogens is 4. The largest absolute Gasteiger partial charge is 0.491 e. The van der Waals surface area contributed by atoms with Gasteiger partial charge in [-0.05, 0) is 36.6 Å². The minimum absolute atomic E-state index is 0.000560. The Bertz CT molecular complexity index is 1450. The first-order valence-corrected chi connectivity index (χ1v) is 11.3. The van der Waals surface area contributed by atoms with Crippen molar-refractivity contribution in [3.8, 4) is 5.75 Å². The molecule has 0 bridgehead atoms. The van der Waals surface area contributed by atoms with Crippen molar-refractivity contribution in [1.82, 2.24) is 19.1 Å². The SMILES string of the molecule is CCc1ccc(OCC(O)Cn2c(NN=C(C)c3ccccc3)nc3c2c(=O)[nH]c(=O)n3C)cc1. The van der Waals surface area contributed by atoms with Crippen LogP contribution in [0.1, 0.15) is 25.0 Å². The number of rotatable bonds is 9. The quantitative estimate of drug-likeness (QED) is 0.251. The molecule has 3 N–H and O–H groups in total. The second-order valence-electron chi connectivity index (χ2n) is 8.17. The number of hydrogen-bond acceptors (Lipinski definition) is 7. The molecule has 182 valence electrons. The summed E-state index contributed by atoms with van der Waals surface area (Å²) in [6.45, 7) is 3.90. The van der Waals surface area contributed by atoms with Crippen LogP contribution in [-0.4, -0.2) is 42.6 Å². The van der Waals surface area contributed by atoms with E-state index in [1.165, 1.54) is 21.7 Å². The third kappa shape index (κ3) is 5.33. The maximum absolute atomic E-state index is 12.7. The van der Waals surface area contributed by atoms with E-state index in [4.69, 9.17) is 4.74 Å². The average molecular weight is 477 g/mol. The van der Waals surface area contributed by atoms with Gasteiger partial charge in [0.2, 0.25) is 5.95 Å². The molecule has 2 heterocycles. The van der Waals surface area contributed by atoms with Crippen molar-refractivity contribution in [2.75, 3.05) is 12.0 Å². The molecule has 4 rings (SSSR count). The van der Waals surface area contributed by atoms with E-state index in [1.807, 2.05) is 61.5 Å². The third-order valence-corrected chi connectivity index (χ3v) is 5.69. The summed E-state index contributed by atoms with van der Waals surface area (Å²) in [6.07, 6.45) is -0.0370. The molecular formula is C25H28N6O4. The molecule has 0 aliphatic carbocycles. The van der Waals surface area contributed by atoms with Crippen molar-refractivity contribution in [3.05, 3.63) is 86.6 Å². The molecule has 1 unspecified atom stereocenters. The molecule has 0 spiro atoms. The van der Waals surface area contributed by atoms with Crippen LogP contribution in [0.25, 0.3) is 11.2 Å². The highest BCUT2D eigenvalue weighted by molar-refractivity contribution is 5.99. The molecule has 2 aromatic carbocycles. The van der Waals surface area contributed by atoms with Crippen molar-refractivity contribution < 1.29 is 9.84 Å². The number of aryl methyl sites for hydroxylation is 2. The Morgan fingerprint density at radius 3 is 2.57 bits per heavy atom. The number of imidazole rings is 1. The van der Waals surface area contributed by atoms with Gasteiger partial charge in [0, 0.05) is 7.05 Å². The van der Waals surface area contributed by atoms with E-state index in [-0.39, 0.29) is 30.3 Å². The molecule has 10 nitrogen and oxygen atoms in total. The van der Waals surface area contributed by atoms with Crippen LogP contribution in [0.3, 0.4) is 0 Å². The van der Waals surface area contributed by atoms with Gasteiger partial charge >= 0.3 is 5.69 Å². The molecule has 0 saturated carbocycles. The number of benzene rings is 2. The Morgan fingerprint density at radius 1 is 1.17 bits per heavy atom. The van der Waals surface area contributed by atoms with Crippen LogP contribution >= 0.6 is 0 Å². The molecule has 10 heteroatoms. The van der Waals surface area contributed by atoms with Gasteiger partial charge in [-0.2, -0.15) is 10.1 Å². The summed E-state index contributed by atoms with van der Waals surface area (Å²) in [5, 5.41) is 15.1. The first kappa shape index (κ1) is 24.0. The van der Waals surface area contributed by atoms with E-state index in [1.54, 1.807) is 0 Å². The predicted octanol–water partition coefficient (Wildman–Crippen LogP) is 2.26. The van der Waals surface area contributed by atoms with E-state index < -0.39 is 17.4 Å². The van der Waals surface area contributed by atoms with E-state index in [2.05, 4.69) is 27.4 Å². The third-order valence-electron chi connectivity index (χ3n) is 5.69. The number of ether oxygens (including phenoxy) is 1. The Labute approximate surface area is 201 Å². The summed E-state index contributed by atoms with van der Waals surface area (Å²) in [7, 11) is 1.51. The normalized spacial score (nSPS) is 12.6. The molecule has 4 aromatic rings. The summed E-state index contributed by atoms with van der Waals surface area (Å²) in [5.74, 6) is 0.853. The Kier molecular flexibility index (Phi) is 7.11. The molecule has 0 aliphatic heterocycles. The highest BCUT2D eigenvalue weighted by Crippen LogP contribution is 2.18. The number of aliphatic hydroxyl groups excluding tert-OH is 1. The standard InChI is InChI=1S/C25H28N6O4/c1-4-17-10-12-20(13-11-17)35-15-19(32)14-31-21-22(30(3)25(34)27-23(21)33)26-24(31)29-28-16(2)18-8-6-5-7-9-18/h5-13,19,32H,4,14-15H2,1-3H3,(H,26,29)(H,27,33,34). The van der Waals surface area contributed by atoms with Gasteiger partial charge in [0.1, 0.15) is 18.5 Å². The van der Waals surface area contributed by atoms with E-state index in [0.717, 1.165) is 12.0 Å². The highest BCUT2D eigenvalue weighted by atomic mass is 16.5. The van der Waals surface area contributed by atoms with E-state index >= 15 is 0 Å². The lowest BCUT2D eigenvalue weighted by molar-refractivity contribution is 0.0938. The number of H-pyrrole nitrogens is 1. The Balaban J connectivity index is 1.62. The van der Waals surface area contributed by atoms with Crippen molar-refractivity contribution in [2.24, 2.45) is 12.1 Å². The number of aromatic amines is 1. The summed E-state index contributed by atoms with van der Waals surface area (Å²) in [6, 6.07) is 17.2. The second kappa shape index (κ2) is 10.4. The predicted molar refractivity (Wildman–Crippen MR) is 135 cm³/mol. The molecule has 0 saturated heterocycles. The summed E-state index contributed by atoms with van der Waals surface area (Å²) in [4.78, 5) is 31.5. The minimum atomic E-state index is -0.963. The van der Waals surface area contributed by atoms with Crippen molar-refractivity contribution in [1.29, 1.82) is 0 Å². The molecular weight excluding hydrogens is 448 g/mol. The first-order chi connectivity index (χ1) is 16.9. The first-order valence-electron chi connectivity index (χ1n) is 11.3. The van der Waals surface area contributed by atoms with E-state index in [0.29, 0.717) is 11.5 Å². The maximum atomic E-state index is 12.7. The van der Waals surface area contributed by atoms with Gasteiger partial charge in [0.05, 0.1) is 12.3 Å². The van der Waals surface area contributed by atoms with Gasteiger partial charge in [-0.3, -0.25) is 14.3 Å². The fourth-order valence-corrected chi connectivity index (χ4v) is 3.65. The van der Waals surface area contributed by atoms with E-state index in [9.17, 15) is 14.7 Å². The number of hydrazone groups is 1. The van der Waals surface area contributed by atoms with Crippen LogP contribution < -0.4 is 21.4 Å². The molecule has 0 fully saturated rings. The number of fused-ring (bicyclic) bond motifs is 1. The van der Waals surface area contributed by atoms with Crippen LogP contribution in [-0.2, 0) is 20.0 Å². The van der Waals surface area contributed by atoms with Gasteiger partial charge in [0.15, 0.2) is 11.2 Å². The van der Waals surface area contributed by atoms with Crippen molar-refractivity contribution in [3.63, 3.8) is 0 Å². The molecule has 0 radical (unpaired) electrons. The van der Waals surface area contributed by atoms with Crippen LogP contribution in [0.15, 0.2) is 69.3 Å². The average Bonchev–Trinajstić information content (AvgIpc) is 3.24. The highest BCUT2D eigenvalue weighted by Gasteiger charge is 2.20. The molecule has 1 atom stereocenters. The number of hydrogen-bond donors (Lipinski definition) is 3. The number of nitrogens with zero attached hydrogens (tertiary/aromatic N) is 4. The Morgan fingerprint density at radius 2 is 1.89 bits per heavy atom. The number of anilines is 1. The van der Waals surface area contributed by atoms with Crippen LogP contribution in [0.4, 0.5) is 5.95 Å². The molecule has 0 aliphatic rings. The van der Waals surface area contributed by atoms with Gasteiger partial charge in [-0.25, -0.2) is 10.2 Å². The van der Waals surface area contributed by atoms with Crippen molar-refractivity contribution >= 4 is 22.8 Å². The zero-order chi connectivity index (χ0) is 24.9. The number of nitrogens with one attached hydrogen (secondary N) is 2. The molecule has 0 amide bonds. The summed E-state index contributed by atoms with van der Waals surface area (Å²) >= 11 is 0. The lowest BCUT2D eigenvalue weighted by Crippen LogP contribution is -2.30. The maximum Gasteiger partial charge on any atom is 0.329 e. The fraction of sp³-hybridized carbons (Fsp3) is 0.280. The monoisotopic (exact) mass is 476 g/mol. The van der Waals surface area contributed by atoms with Gasteiger partial charge in [-0.1, -0.05) is 49.4 Å². The van der Waals surface area contributed by atoms with Crippen LogP contribution in [0, 0.1) is 0 Å². The Hall–Kier alpha value is -4.18. The lowest BCUT2D eigenvalue weighted by Gasteiger charge is -2.15. The fourth-order valence-electron chi connectivity index (χ4n) is 3.65. The zero-order valence-electron chi connectivity index (χ0n) is 19.9. The topological polar surface area (TPSA) is 127 Å². The van der Waals surface area contributed by atoms with Gasteiger partial charge in [0.25, 0.3) is 5.56 Å². The smallest absolute Gasteiger partial charge is 0.329 e. The molecule has 2 aromatic heterocycles. The zero-order valence-corrected chi connectivity index (χ0v) is 19.9. The van der Waals surface area contributed by atoms with Gasteiger partial charge in [-0.15, -0.1) is 0 Å². The molecule has 35 heavy (non-hydrogen) atoms. The lowest BCUT2D eigenvalue weighted by atomic mass is 10.1. The minimum Gasteiger partial charge on any atom is -0.491 e. The van der Waals surface area contributed by atoms with Crippen LogP contribution in [0.5, 0.6) is 5.75 Å². The van der Waals surface area contributed by atoms with Crippen molar-refractivity contribution in [2.45, 2.75) is 32.9 Å². The van der Waals surface area contributed by atoms with Gasteiger partial charge < -0.3 is 14.4 Å². The number of aliphatic hydroxyl groups is 1. The summed E-state index contributed by atoms with van der Waals surface area (Å²) < 4.78 is 8.47. The summed E-state index contributed by atoms with van der Waals surface area (Å²) in [5.41, 5.74) is 4.83. The second-order valence-corrected chi connectivity index (χ2v) is 8.17. The van der Waals surface area contributed by atoms with Crippen LogP contribution in [0.2, 0.25) is 0 Å².